The Morgan fingerprint density at radius 2 is 2.38 bits per heavy atom. The van der Waals surface area contributed by atoms with Gasteiger partial charge in [0, 0.05) is 23.0 Å². The molecule has 0 unspecified atom stereocenters. The Hall–Kier alpha value is -1.17. The fraction of sp³-hybridized carbons (Fsp3) is 0.308. The smallest absolute Gasteiger partial charge is 0.313 e. The molecule has 0 fully saturated rings. The number of aromatic nitrogens is 3. The zero-order valence-electron chi connectivity index (χ0n) is 11.0. The fourth-order valence-corrected chi connectivity index (χ4v) is 3.33. The van der Waals surface area contributed by atoms with Gasteiger partial charge in [0.25, 0.3) is 0 Å². The van der Waals surface area contributed by atoms with E-state index in [4.69, 9.17) is 11.5 Å². The first-order valence-corrected chi connectivity index (χ1v) is 8.92. The Bertz CT molecular complexity index is 697. The van der Waals surface area contributed by atoms with Crippen LogP contribution in [0.2, 0.25) is 0 Å². The predicted molar refractivity (Wildman–Crippen MR) is 89.7 cm³/mol. The van der Waals surface area contributed by atoms with Crippen molar-refractivity contribution < 1.29 is 9.90 Å². The van der Waals surface area contributed by atoms with Crippen molar-refractivity contribution >= 4 is 56.6 Å². The van der Waals surface area contributed by atoms with Crippen LogP contribution in [0.5, 0.6) is 0 Å². The number of carbonyl (C=O) groups is 1. The van der Waals surface area contributed by atoms with Crippen molar-refractivity contribution in [1.29, 1.82) is 0 Å². The number of terminal acetylenes is 1. The van der Waals surface area contributed by atoms with Crippen LogP contribution in [0.1, 0.15) is 0 Å². The lowest BCUT2D eigenvalue weighted by molar-refractivity contribution is -0.133. The number of imidazole rings is 1. The number of halogens is 1. The summed E-state index contributed by atoms with van der Waals surface area (Å²) in [6.45, 7) is 0.694. The van der Waals surface area contributed by atoms with Crippen LogP contribution in [0.15, 0.2) is 21.9 Å². The monoisotopic (exact) mass is 385 g/mol. The normalized spacial score (nSPS) is 10.7. The third kappa shape index (κ3) is 4.40. The standard InChI is InChI=1S/C13H12BrN3O2S2/c1-2-4-20-5-3-17-12-10(6-9(14)7-15-12)16-13(17)21-8-11(18)19/h1,6-7H,3-5,8H2,(H,18,19). The lowest BCUT2D eigenvalue weighted by atomic mass is 10.4. The van der Waals surface area contributed by atoms with Crippen molar-refractivity contribution in [3.8, 4) is 12.3 Å². The van der Waals surface area contributed by atoms with Gasteiger partial charge in [0.05, 0.1) is 11.5 Å². The Kier molecular flexibility index (Phi) is 5.96. The molecule has 0 spiro atoms. The SMILES string of the molecule is C#CCSCCn1c(SCC(=O)O)nc2cc(Br)cnc21. The van der Waals surface area contributed by atoms with Gasteiger partial charge in [0.2, 0.25) is 0 Å². The maximum atomic E-state index is 10.7. The number of hydrogen-bond acceptors (Lipinski definition) is 5. The summed E-state index contributed by atoms with van der Waals surface area (Å²) in [6, 6.07) is 1.87. The molecule has 2 heterocycles. The first kappa shape index (κ1) is 16.2. The molecule has 2 aromatic rings. The van der Waals surface area contributed by atoms with Gasteiger partial charge in [-0.2, -0.15) is 0 Å². The second-order valence-electron chi connectivity index (χ2n) is 3.98. The van der Waals surface area contributed by atoms with E-state index in [0.29, 0.717) is 17.5 Å². The highest BCUT2D eigenvalue weighted by Crippen LogP contribution is 2.25. The fourth-order valence-electron chi connectivity index (χ4n) is 1.69. The number of carboxylic acid groups (broad SMARTS) is 1. The molecule has 0 aliphatic carbocycles. The molecule has 1 N–H and O–H groups in total. The largest absolute Gasteiger partial charge is 0.481 e. The molecule has 0 bridgehead atoms. The molecule has 2 rings (SSSR count). The summed E-state index contributed by atoms with van der Waals surface area (Å²) in [5.41, 5.74) is 1.51. The minimum Gasteiger partial charge on any atom is -0.481 e. The second kappa shape index (κ2) is 7.73. The number of fused-ring (bicyclic) bond motifs is 1. The van der Waals surface area contributed by atoms with Crippen molar-refractivity contribution in [2.45, 2.75) is 11.7 Å². The van der Waals surface area contributed by atoms with E-state index in [1.807, 2.05) is 10.6 Å². The van der Waals surface area contributed by atoms with Gasteiger partial charge in [-0.1, -0.05) is 17.7 Å². The average Bonchev–Trinajstić information content (AvgIpc) is 2.78. The van der Waals surface area contributed by atoms with E-state index in [9.17, 15) is 4.79 Å². The molecule has 8 heteroatoms. The van der Waals surface area contributed by atoms with Gasteiger partial charge in [-0.25, -0.2) is 9.97 Å². The van der Waals surface area contributed by atoms with Crippen molar-refractivity contribution in [2.75, 3.05) is 17.3 Å². The van der Waals surface area contributed by atoms with E-state index in [2.05, 4.69) is 31.8 Å². The highest BCUT2D eigenvalue weighted by Gasteiger charge is 2.14. The van der Waals surface area contributed by atoms with Crippen molar-refractivity contribution in [2.24, 2.45) is 0 Å². The maximum absolute atomic E-state index is 10.7. The molecule has 110 valence electrons. The summed E-state index contributed by atoms with van der Waals surface area (Å²) in [4.78, 5) is 19.6. The Morgan fingerprint density at radius 3 is 3.10 bits per heavy atom. The van der Waals surface area contributed by atoms with Crippen LogP contribution in [0.4, 0.5) is 0 Å². The van der Waals surface area contributed by atoms with E-state index < -0.39 is 5.97 Å². The number of rotatable bonds is 7. The minimum absolute atomic E-state index is 0.0258. The molecule has 21 heavy (non-hydrogen) atoms. The van der Waals surface area contributed by atoms with Crippen molar-refractivity contribution in [3.63, 3.8) is 0 Å². The molecule has 5 nitrogen and oxygen atoms in total. The van der Waals surface area contributed by atoms with Crippen LogP contribution in [-0.2, 0) is 11.3 Å². The number of nitrogens with zero attached hydrogens (tertiary/aromatic N) is 3. The third-order valence-electron chi connectivity index (χ3n) is 2.49. The van der Waals surface area contributed by atoms with Gasteiger partial charge in [-0.3, -0.25) is 4.79 Å². The first-order valence-electron chi connectivity index (χ1n) is 5.99. The summed E-state index contributed by atoms with van der Waals surface area (Å²) in [6.07, 6.45) is 6.94. The van der Waals surface area contributed by atoms with Crippen molar-refractivity contribution in [3.05, 3.63) is 16.7 Å². The molecule has 0 amide bonds. The van der Waals surface area contributed by atoms with Crippen LogP contribution in [0.25, 0.3) is 11.2 Å². The van der Waals surface area contributed by atoms with Crippen LogP contribution >= 0.6 is 39.5 Å². The summed E-state index contributed by atoms with van der Waals surface area (Å²) < 4.78 is 2.79. The van der Waals surface area contributed by atoms with Gasteiger partial charge < -0.3 is 9.67 Å². The van der Waals surface area contributed by atoms with Crippen LogP contribution in [0.3, 0.4) is 0 Å². The third-order valence-corrected chi connectivity index (χ3v) is 4.72. The number of aryl methyl sites for hydroxylation is 1. The predicted octanol–water partition coefficient (Wildman–Crippen LogP) is 2.74. The number of aliphatic carboxylic acids is 1. The zero-order valence-corrected chi connectivity index (χ0v) is 14.2. The first-order chi connectivity index (χ1) is 10.1. The topological polar surface area (TPSA) is 68.0 Å². The lowest BCUT2D eigenvalue weighted by Gasteiger charge is -2.06. The molecule has 0 aliphatic heterocycles. The van der Waals surface area contributed by atoms with E-state index >= 15 is 0 Å². The number of pyridine rings is 1. The molecule has 0 aliphatic rings. The highest BCUT2D eigenvalue weighted by molar-refractivity contribution is 9.10. The second-order valence-corrected chi connectivity index (χ2v) is 6.94. The van der Waals surface area contributed by atoms with E-state index in [-0.39, 0.29) is 5.75 Å². The summed E-state index contributed by atoms with van der Waals surface area (Å²) in [5.74, 6) is 3.17. The quantitative estimate of drug-likeness (QED) is 0.448. The molecule has 0 atom stereocenters. The molecular formula is C13H12BrN3O2S2. The van der Waals surface area contributed by atoms with Crippen molar-refractivity contribution in [1.82, 2.24) is 14.5 Å². The van der Waals surface area contributed by atoms with Gasteiger partial charge in [0.1, 0.15) is 5.52 Å². The molecule has 0 saturated carbocycles. The van der Waals surface area contributed by atoms with Crippen LogP contribution in [0, 0.1) is 12.3 Å². The number of carboxylic acids is 1. The Labute approximate surface area is 139 Å². The van der Waals surface area contributed by atoms with Crippen LogP contribution < -0.4 is 0 Å². The summed E-state index contributed by atoms with van der Waals surface area (Å²) in [7, 11) is 0. The zero-order chi connectivity index (χ0) is 15.2. The van der Waals surface area contributed by atoms with E-state index in [1.165, 1.54) is 11.8 Å². The van der Waals surface area contributed by atoms with Gasteiger partial charge in [0.15, 0.2) is 10.8 Å². The maximum Gasteiger partial charge on any atom is 0.313 e. The van der Waals surface area contributed by atoms with E-state index in [0.717, 1.165) is 21.4 Å². The van der Waals surface area contributed by atoms with Gasteiger partial charge in [-0.05, 0) is 22.0 Å². The molecular weight excluding hydrogens is 374 g/mol. The molecule has 0 radical (unpaired) electrons. The summed E-state index contributed by atoms with van der Waals surface area (Å²) in [5, 5.41) is 9.49. The van der Waals surface area contributed by atoms with Crippen LogP contribution in [-0.4, -0.2) is 42.9 Å². The molecule has 0 saturated heterocycles. The highest BCUT2D eigenvalue weighted by atomic mass is 79.9. The minimum atomic E-state index is -0.866. The Balaban J connectivity index is 2.26. The van der Waals surface area contributed by atoms with E-state index in [1.54, 1.807) is 18.0 Å². The summed E-state index contributed by atoms with van der Waals surface area (Å²) >= 11 is 6.21. The lowest BCUT2D eigenvalue weighted by Crippen LogP contribution is -2.06. The average molecular weight is 386 g/mol. The number of hydrogen-bond donors (Lipinski definition) is 1. The molecule has 0 aromatic carbocycles. The number of thioether (sulfide) groups is 2. The Morgan fingerprint density at radius 1 is 1.57 bits per heavy atom. The van der Waals surface area contributed by atoms with Gasteiger partial charge >= 0.3 is 5.97 Å². The molecule has 2 aromatic heterocycles. The van der Waals surface area contributed by atoms with Gasteiger partial charge in [-0.15, -0.1) is 18.2 Å².